The predicted molar refractivity (Wildman–Crippen MR) is 98.4 cm³/mol. The fourth-order valence-corrected chi connectivity index (χ4v) is 4.42. The number of nitro groups is 1. The fourth-order valence-electron chi connectivity index (χ4n) is 2.42. The van der Waals surface area contributed by atoms with Gasteiger partial charge in [-0.2, -0.15) is 0 Å². The molecule has 2 aromatic heterocycles. The number of hydrogen-bond acceptors (Lipinski definition) is 8. The molecule has 0 spiro atoms. The van der Waals surface area contributed by atoms with Crippen molar-refractivity contribution in [3.8, 4) is 0 Å². The Balaban J connectivity index is 1.52. The molecule has 0 saturated carbocycles. The Morgan fingerprint density at radius 2 is 2.04 bits per heavy atom. The molecule has 0 bridgehead atoms. The van der Waals surface area contributed by atoms with Gasteiger partial charge < -0.3 is 0 Å². The maximum Gasteiger partial charge on any atom is 0.270 e. The fraction of sp³-hybridized carbons (Fsp3) is 0.125. The van der Waals surface area contributed by atoms with Crippen LogP contribution in [0.3, 0.4) is 0 Å². The first-order valence-corrected chi connectivity index (χ1v) is 9.35. The van der Waals surface area contributed by atoms with Crippen LogP contribution in [0, 0.1) is 10.1 Å². The van der Waals surface area contributed by atoms with E-state index in [1.54, 1.807) is 10.7 Å². The van der Waals surface area contributed by atoms with E-state index < -0.39 is 4.92 Å². The summed E-state index contributed by atoms with van der Waals surface area (Å²) in [4.78, 5) is 15.0. The van der Waals surface area contributed by atoms with Crippen LogP contribution >= 0.6 is 23.1 Å². The average molecular weight is 384 g/mol. The Kier molecular flexibility index (Phi) is 4.59. The third-order valence-corrected chi connectivity index (χ3v) is 5.75. The molecule has 0 N–H and O–H groups in total. The molecule has 0 fully saturated rings. The number of tetrazole rings is 1. The molecule has 2 heterocycles. The second kappa shape index (κ2) is 7.18. The number of aryl methyl sites for hydroxylation is 2. The van der Waals surface area contributed by atoms with Gasteiger partial charge in [-0.1, -0.05) is 30.3 Å². The van der Waals surface area contributed by atoms with E-state index in [1.165, 1.54) is 40.8 Å². The highest BCUT2D eigenvalue weighted by atomic mass is 32.2. The molecule has 8 nitrogen and oxygen atoms in total. The lowest BCUT2D eigenvalue weighted by molar-refractivity contribution is -0.384. The van der Waals surface area contributed by atoms with Crippen molar-refractivity contribution in [2.24, 2.45) is 0 Å². The lowest BCUT2D eigenvalue weighted by Crippen LogP contribution is -2.05. The number of hydrogen-bond donors (Lipinski definition) is 0. The minimum Gasteiger partial charge on any atom is -0.258 e. The van der Waals surface area contributed by atoms with E-state index in [2.05, 4.69) is 32.6 Å². The highest BCUT2D eigenvalue weighted by molar-refractivity contribution is 8.01. The van der Waals surface area contributed by atoms with Crippen LogP contribution in [-0.2, 0) is 13.0 Å². The van der Waals surface area contributed by atoms with Gasteiger partial charge in [0.2, 0.25) is 5.16 Å². The van der Waals surface area contributed by atoms with Gasteiger partial charge in [0.25, 0.3) is 5.69 Å². The summed E-state index contributed by atoms with van der Waals surface area (Å²) >= 11 is 2.75. The van der Waals surface area contributed by atoms with Crippen molar-refractivity contribution >= 4 is 39.0 Å². The maximum absolute atomic E-state index is 10.9. The van der Waals surface area contributed by atoms with Gasteiger partial charge in [0, 0.05) is 18.7 Å². The minimum absolute atomic E-state index is 0.0606. The molecule has 4 aromatic rings. The summed E-state index contributed by atoms with van der Waals surface area (Å²) in [5.41, 5.74) is 2.00. The molecular formula is C16H12N6O2S2. The van der Waals surface area contributed by atoms with Gasteiger partial charge in [-0.3, -0.25) is 10.1 Å². The summed E-state index contributed by atoms with van der Waals surface area (Å²) in [7, 11) is 0. The number of thiazole rings is 1. The second-order valence-electron chi connectivity index (χ2n) is 5.41. The molecule has 2 aromatic carbocycles. The number of nitro benzene ring substituents is 1. The molecular weight excluding hydrogens is 372 g/mol. The quantitative estimate of drug-likeness (QED) is 0.370. The van der Waals surface area contributed by atoms with Crippen molar-refractivity contribution in [1.82, 2.24) is 25.2 Å². The van der Waals surface area contributed by atoms with E-state index in [0.717, 1.165) is 21.0 Å². The van der Waals surface area contributed by atoms with Crippen molar-refractivity contribution in [2.45, 2.75) is 22.5 Å². The van der Waals surface area contributed by atoms with E-state index in [-0.39, 0.29) is 5.69 Å². The van der Waals surface area contributed by atoms with Gasteiger partial charge in [0.05, 0.1) is 15.1 Å². The SMILES string of the molecule is O=[N+]([O-])c1ccc2nc(Sc3nnnn3CCc3ccccc3)sc2c1. The summed E-state index contributed by atoms with van der Waals surface area (Å²) < 4.78 is 3.26. The van der Waals surface area contributed by atoms with Crippen LogP contribution < -0.4 is 0 Å². The largest absolute Gasteiger partial charge is 0.270 e. The van der Waals surface area contributed by atoms with Crippen molar-refractivity contribution in [2.75, 3.05) is 0 Å². The third-order valence-electron chi connectivity index (χ3n) is 3.70. The number of aromatic nitrogens is 5. The molecule has 0 unspecified atom stereocenters. The third kappa shape index (κ3) is 3.55. The van der Waals surface area contributed by atoms with E-state index in [4.69, 9.17) is 0 Å². The molecule has 0 saturated heterocycles. The zero-order valence-electron chi connectivity index (χ0n) is 13.3. The monoisotopic (exact) mass is 384 g/mol. The maximum atomic E-state index is 10.9. The molecule has 26 heavy (non-hydrogen) atoms. The van der Waals surface area contributed by atoms with Gasteiger partial charge >= 0.3 is 0 Å². The highest BCUT2D eigenvalue weighted by Crippen LogP contribution is 2.34. The normalized spacial score (nSPS) is 11.1. The van der Waals surface area contributed by atoms with Gasteiger partial charge in [0.1, 0.15) is 0 Å². The van der Waals surface area contributed by atoms with Crippen LogP contribution in [0.5, 0.6) is 0 Å². The summed E-state index contributed by atoms with van der Waals surface area (Å²) in [5.74, 6) is 0. The van der Waals surface area contributed by atoms with Crippen LogP contribution in [0.2, 0.25) is 0 Å². The molecule has 4 rings (SSSR count). The lowest BCUT2D eigenvalue weighted by atomic mass is 10.2. The molecule has 0 amide bonds. The predicted octanol–water partition coefficient (Wildman–Crippen LogP) is 3.58. The number of non-ortho nitro benzene ring substituents is 1. The Hall–Kier alpha value is -2.85. The number of nitrogens with zero attached hydrogens (tertiary/aromatic N) is 6. The first-order chi connectivity index (χ1) is 12.7. The first kappa shape index (κ1) is 16.6. The molecule has 0 radical (unpaired) electrons. The highest BCUT2D eigenvalue weighted by Gasteiger charge is 2.14. The molecule has 0 aliphatic rings. The van der Waals surface area contributed by atoms with Crippen LogP contribution in [0.1, 0.15) is 5.56 Å². The topological polar surface area (TPSA) is 99.6 Å². The number of fused-ring (bicyclic) bond motifs is 1. The standard InChI is InChI=1S/C16H12N6O2S2/c23-22(24)12-6-7-13-14(10-12)25-16(17-13)26-15-18-19-20-21(15)9-8-11-4-2-1-3-5-11/h1-7,10H,8-9H2. The second-order valence-corrected chi connectivity index (χ2v) is 7.66. The van der Waals surface area contributed by atoms with Crippen molar-refractivity contribution in [3.05, 3.63) is 64.2 Å². The molecule has 130 valence electrons. The van der Waals surface area contributed by atoms with Crippen LogP contribution in [0.4, 0.5) is 5.69 Å². The van der Waals surface area contributed by atoms with Gasteiger partial charge in [-0.15, -0.1) is 16.4 Å². The minimum atomic E-state index is -0.407. The first-order valence-electron chi connectivity index (χ1n) is 7.72. The van der Waals surface area contributed by atoms with Crippen LogP contribution in [-0.4, -0.2) is 30.1 Å². The Morgan fingerprint density at radius 1 is 1.19 bits per heavy atom. The summed E-state index contributed by atoms with van der Waals surface area (Å²) in [5, 5.41) is 23.4. The van der Waals surface area contributed by atoms with E-state index in [9.17, 15) is 10.1 Å². The van der Waals surface area contributed by atoms with Gasteiger partial charge in [-0.25, -0.2) is 9.67 Å². The van der Waals surface area contributed by atoms with Crippen LogP contribution in [0.25, 0.3) is 10.2 Å². The number of rotatable bonds is 6. The van der Waals surface area contributed by atoms with E-state index in [1.807, 2.05) is 18.2 Å². The molecule has 0 aliphatic heterocycles. The molecule has 0 aliphatic carbocycles. The van der Waals surface area contributed by atoms with E-state index in [0.29, 0.717) is 11.7 Å². The molecule has 0 atom stereocenters. The summed E-state index contributed by atoms with van der Waals surface area (Å²) in [6.45, 7) is 0.662. The van der Waals surface area contributed by atoms with Crippen molar-refractivity contribution < 1.29 is 4.92 Å². The van der Waals surface area contributed by atoms with Crippen LogP contribution in [0.15, 0.2) is 58.0 Å². The smallest absolute Gasteiger partial charge is 0.258 e. The average Bonchev–Trinajstić information content (AvgIpc) is 3.26. The van der Waals surface area contributed by atoms with Gasteiger partial charge in [0.15, 0.2) is 4.34 Å². The Morgan fingerprint density at radius 3 is 2.85 bits per heavy atom. The number of benzene rings is 2. The van der Waals surface area contributed by atoms with E-state index >= 15 is 0 Å². The zero-order valence-corrected chi connectivity index (χ0v) is 15.0. The van der Waals surface area contributed by atoms with Gasteiger partial charge in [-0.05, 0) is 40.2 Å². The Bertz CT molecular complexity index is 1060. The van der Waals surface area contributed by atoms with Crippen molar-refractivity contribution in [1.29, 1.82) is 0 Å². The summed E-state index contributed by atoms with van der Waals surface area (Å²) in [6, 6.07) is 14.8. The Labute approximate surface area is 156 Å². The van der Waals surface area contributed by atoms with Crippen molar-refractivity contribution in [3.63, 3.8) is 0 Å². The lowest BCUT2D eigenvalue weighted by Gasteiger charge is -2.03. The zero-order chi connectivity index (χ0) is 17.9. The molecule has 10 heteroatoms. The summed E-state index contributed by atoms with van der Waals surface area (Å²) in [6.07, 6.45) is 0.825.